The Morgan fingerprint density at radius 3 is 2.75 bits per heavy atom. The highest BCUT2D eigenvalue weighted by atomic mass is 19.1. The van der Waals surface area contributed by atoms with E-state index in [4.69, 9.17) is 0 Å². The second kappa shape index (κ2) is 7.21. The zero-order valence-corrected chi connectivity index (χ0v) is 13.5. The van der Waals surface area contributed by atoms with Crippen LogP contribution in [0.3, 0.4) is 0 Å². The van der Waals surface area contributed by atoms with E-state index in [0.717, 1.165) is 12.0 Å². The highest BCUT2D eigenvalue weighted by Crippen LogP contribution is 2.11. The summed E-state index contributed by atoms with van der Waals surface area (Å²) in [5.41, 5.74) is 1.76. The van der Waals surface area contributed by atoms with Gasteiger partial charge < -0.3 is 9.30 Å². The van der Waals surface area contributed by atoms with Gasteiger partial charge in [0, 0.05) is 37.9 Å². The first kappa shape index (κ1) is 16.1. The zero-order valence-electron chi connectivity index (χ0n) is 13.5. The lowest BCUT2D eigenvalue weighted by Crippen LogP contribution is -2.34. The molecule has 0 aliphatic carbocycles. The summed E-state index contributed by atoms with van der Waals surface area (Å²) in [6, 6.07) is 6.47. The summed E-state index contributed by atoms with van der Waals surface area (Å²) in [5, 5.41) is 0. The molecule has 24 heavy (non-hydrogen) atoms. The lowest BCUT2D eigenvalue weighted by Gasteiger charge is -2.22. The normalized spacial score (nSPS) is 10.9. The largest absolute Gasteiger partial charge is 0.337 e. The average molecular weight is 326 g/mol. The molecule has 0 saturated heterocycles. The Morgan fingerprint density at radius 1 is 1.21 bits per heavy atom. The number of hydrogen-bond acceptors (Lipinski definition) is 3. The quantitative estimate of drug-likeness (QED) is 0.700. The maximum atomic E-state index is 13.3. The predicted molar refractivity (Wildman–Crippen MR) is 89.3 cm³/mol. The molecule has 0 saturated carbocycles. The van der Waals surface area contributed by atoms with Crippen molar-refractivity contribution >= 4 is 11.6 Å². The lowest BCUT2D eigenvalue weighted by molar-refractivity contribution is 0.0753. The van der Waals surface area contributed by atoms with Gasteiger partial charge in [-0.3, -0.25) is 4.79 Å². The number of nitrogens with zero attached hydrogens (tertiary/aromatic N) is 4. The number of hydrogen-bond donors (Lipinski definition) is 0. The number of carbonyl (C=O) groups excluding carboxylic acids is 1. The van der Waals surface area contributed by atoms with Crippen molar-refractivity contribution < 1.29 is 9.18 Å². The van der Waals surface area contributed by atoms with Crippen LogP contribution in [0.15, 0.2) is 49.1 Å². The highest BCUT2D eigenvalue weighted by Gasteiger charge is 2.20. The molecule has 0 aliphatic heterocycles. The van der Waals surface area contributed by atoms with Crippen LogP contribution in [0.4, 0.5) is 4.39 Å². The summed E-state index contributed by atoms with van der Waals surface area (Å²) >= 11 is 0. The average Bonchev–Trinajstić information content (AvgIpc) is 3.06. The number of aromatic nitrogens is 3. The van der Waals surface area contributed by atoms with Gasteiger partial charge >= 0.3 is 0 Å². The Balaban J connectivity index is 1.79. The molecule has 3 aromatic rings. The van der Waals surface area contributed by atoms with E-state index in [-0.39, 0.29) is 11.7 Å². The summed E-state index contributed by atoms with van der Waals surface area (Å²) in [7, 11) is 0. The minimum Gasteiger partial charge on any atom is -0.337 e. The molecule has 124 valence electrons. The predicted octanol–water partition coefficient (Wildman–Crippen LogP) is 2.96. The number of imidazole rings is 1. The smallest absolute Gasteiger partial charge is 0.276 e. The van der Waals surface area contributed by atoms with Gasteiger partial charge in [-0.05, 0) is 30.5 Å². The first-order valence-corrected chi connectivity index (χ1v) is 8.00. The Bertz CT molecular complexity index is 846. The number of carbonyl (C=O) groups is 1. The zero-order chi connectivity index (χ0) is 16.9. The standard InChI is InChI=1S/C18H19FN4O/c1-2-9-23(10-6-14-4-3-5-15(19)13-14)18(24)16-17-21-8-12-22(17)11-7-20-16/h3-5,7-8,11-13H,2,6,9-10H2,1H3. The van der Waals surface area contributed by atoms with E-state index in [1.54, 1.807) is 40.2 Å². The number of fused-ring (bicyclic) bond motifs is 1. The molecule has 0 N–H and O–H groups in total. The highest BCUT2D eigenvalue weighted by molar-refractivity contribution is 5.97. The Kier molecular flexibility index (Phi) is 4.84. The third kappa shape index (κ3) is 3.42. The summed E-state index contributed by atoms with van der Waals surface area (Å²) in [6.07, 6.45) is 8.22. The summed E-state index contributed by atoms with van der Waals surface area (Å²) in [5.74, 6) is -0.408. The Morgan fingerprint density at radius 2 is 2.00 bits per heavy atom. The number of rotatable bonds is 6. The van der Waals surface area contributed by atoms with Crippen molar-refractivity contribution in [3.63, 3.8) is 0 Å². The van der Waals surface area contributed by atoms with Crippen LogP contribution in [0, 0.1) is 5.82 Å². The first-order chi connectivity index (χ1) is 11.7. The van der Waals surface area contributed by atoms with Gasteiger partial charge in [0.1, 0.15) is 5.82 Å². The molecule has 0 bridgehead atoms. The van der Waals surface area contributed by atoms with Crippen LogP contribution in [0.1, 0.15) is 29.4 Å². The van der Waals surface area contributed by atoms with Crippen LogP contribution in [0.2, 0.25) is 0 Å². The van der Waals surface area contributed by atoms with E-state index in [1.165, 1.54) is 12.1 Å². The number of amides is 1. The molecule has 1 amide bonds. The van der Waals surface area contributed by atoms with Crippen molar-refractivity contribution in [2.75, 3.05) is 13.1 Å². The van der Waals surface area contributed by atoms with Crippen LogP contribution in [0.25, 0.3) is 5.65 Å². The van der Waals surface area contributed by atoms with Gasteiger partial charge in [-0.2, -0.15) is 0 Å². The molecule has 6 heteroatoms. The Labute approximate surface area is 139 Å². The molecule has 0 fully saturated rings. The number of halogens is 1. The first-order valence-electron chi connectivity index (χ1n) is 8.00. The minimum atomic E-state index is -0.260. The second-order valence-electron chi connectivity index (χ2n) is 5.61. The van der Waals surface area contributed by atoms with E-state index in [2.05, 4.69) is 9.97 Å². The van der Waals surface area contributed by atoms with Gasteiger partial charge in [0.2, 0.25) is 0 Å². The molecule has 0 radical (unpaired) electrons. The van der Waals surface area contributed by atoms with Crippen LogP contribution < -0.4 is 0 Å². The van der Waals surface area contributed by atoms with E-state index < -0.39 is 0 Å². The molecule has 0 aliphatic rings. The van der Waals surface area contributed by atoms with Crippen LogP contribution in [-0.2, 0) is 6.42 Å². The van der Waals surface area contributed by atoms with Crippen LogP contribution in [0.5, 0.6) is 0 Å². The summed E-state index contributed by atoms with van der Waals surface area (Å²) in [4.78, 5) is 23.1. The second-order valence-corrected chi connectivity index (χ2v) is 5.61. The van der Waals surface area contributed by atoms with Gasteiger partial charge in [-0.25, -0.2) is 14.4 Å². The third-order valence-corrected chi connectivity index (χ3v) is 3.85. The molecule has 3 rings (SSSR count). The van der Waals surface area contributed by atoms with Gasteiger partial charge in [0.05, 0.1) is 0 Å². The molecule has 2 heterocycles. The van der Waals surface area contributed by atoms with E-state index in [0.29, 0.717) is 30.9 Å². The van der Waals surface area contributed by atoms with E-state index in [9.17, 15) is 9.18 Å². The molecule has 0 atom stereocenters. The van der Waals surface area contributed by atoms with Gasteiger partial charge in [-0.1, -0.05) is 19.1 Å². The molecular weight excluding hydrogens is 307 g/mol. The van der Waals surface area contributed by atoms with Crippen molar-refractivity contribution in [1.82, 2.24) is 19.3 Å². The lowest BCUT2D eigenvalue weighted by atomic mass is 10.1. The SMILES string of the molecule is CCCN(CCc1cccc(F)c1)C(=O)c1nccn2ccnc12. The van der Waals surface area contributed by atoms with E-state index in [1.807, 2.05) is 13.0 Å². The van der Waals surface area contributed by atoms with Crippen molar-refractivity contribution in [3.05, 3.63) is 66.1 Å². The molecule has 0 spiro atoms. The van der Waals surface area contributed by atoms with E-state index >= 15 is 0 Å². The van der Waals surface area contributed by atoms with Crippen molar-refractivity contribution in [3.8, 4) is 0 Å². The van der Waals surface area contributed by atoms with Crippen molar-refractivity contribution in [2.45, 2.75) is 19.8 Å². The third-order valence-electron chi connectivity index (χ3n) is 3.85. The molecule has 0 unspecified atom stereocenters. The molecule has 2 aromatic heterocycles. The van der Waals surface area contributed by atoms with Crippen LogP contribution >= 0.6 is 0 Å². The Hall–Kier alpha value is -2.76. The monoisotopic (exact) mass is 326 g/mol. The van der Waals surface area contributed by atoms with Gasteiger partial charge in [0.15, 0.2) is 11.3 Å². The fourth-order valence-corrected chi connectivity index (χ4v) is 2.70. The fraction of sp³-hybridized carbons (Fsp3) is 0.278. The minimum absolute atomic E-state index is 0.148. The summed E-state index contributed by atoms with van der Waals surface area (Å²) in [6.45, 7) is 3.16. The molecule has 5 nitrogen and oxygen atoms in total. The molecular formula is C18H19FN4O. The van der Waals surface area contributed by atoms with Gasteiger partial charge in [-0.15, -0.1) is 0 Å². The maximum absolute atomic E-state index is 13.3. The van der Waals surface area contributed by atoms with Crippen molar-refractivity contribution in [1.29, 1.82) is 0 Å². The van der Waals surface area contributed by atoms with Crippen molar-refractivity contribution in [2.24, 2.45) is 0 Å². The molecule has 1 aromatic carbocycles. The fourth-order valence-electron chi connectivity index (χ4n) is 2.70. The van der Waals surface area contributed by atoms with Gasteiger partial charge in [0.25, 0.3) is 5.91 Å². The topological polar surface area (TPSA) is 50.5 Å². The van der Waals surface area contributed by atoms with Crippen LogP contribution in [-0.4, -0.2) is 38.3 Å². The number of benzene rings is 1. The summed E-state index contributed by atoms with van der Waals surface area (Å²) < 4.78 is 15.1. The maximum Gasteiger partial charge on any atom is 0.276 e.